The minimum atomic E-state index is -0.137. The smallest absolute Gasteiger partial charge is 0.248 e. The van der Waals surface area contributed by atoms with E-state index in [1.54, 1.807) is 29.2 Å². The first-order chi connectivity index (χ1) is 13.6. The van der Waals surface area contributed by atoms with Crippen molar-refractivity contribution in [1.29, 1.82) is 0 Å². The van der Waals surface area contributed by atoms with Crippen molar-refractivity contribution in [2.75, 3.05) is 18.6 Å². The highest BCUT2D eigenvalue weighted by Gasteiger charge is 2.05. The molecule has 0 bridgehead atoms. The lowest BCUT2D eigenvalue weighted by Gasteiger charge is -2.16. The number of amides is 1. The van der Waals surface area contributed by atoms with Gasteiger partial charge in [-0.25, -0.2) is 4.98 Å². The van der Waals surface area contributed by atoms with Crippen LogP contribution in [-0.4, -0.2) is 29.1 Å². The maximum absolute atomic E-state index is 12.2. The second-order valence-electron chi connectivity index (χ2n) is 6.45. The molecule has 6 heteroatoms. The lowest BCUT2D eigenvalue weighted by atomic mass is 10.2. The number of nitrogens with zero attached hydrogens (tertiary/aromatic N) is 2. The largest absolute Gasteiger partial charge is 0.323 e. The molecule has 1 N–H and O–H groups in total. The van der Waals surface area contributed by atoms with E-state index in [1.807, 2.05) is 60.3 Å². The number of aromatic nitrogens is 1. The molecule has 0 unspecified atom stereocenters. The zero-order valence-corrected chi connectivity index (χ0v) is 17.6. The molecule has 0 radical (unpaired) electrons. The quantitative estimate of drug-likeness (QED) is 0.413. The summed E-state index contributed by atoms with van der Waals surface area (Å²) in [5, 5.41) is 5.00. The van der Waals surface area contributed by atoms with Gasteiger partial charge in [-0.3, -0.25) is 9.69 Å². The second kappa shape index (κ2) is 10.2. The number of anilines is 1. The molecule has 3 aromatic rings. The first-order valence-electron chi connectivity index (χ1n) is 8.90. The van der Waals surface area contributed by atoms with Gasteiger partial charge in [-0.05, 0) is 54.8 Å². The van der Waals surface area contributed by atoms with E-state index in [-0.39, 0.29) is 5.91 Å². The molecule has 0 aliphatic carbocycles. The number of carbonyl (C=O) groups excluding carboxylic acids is 1. The Labute approximate surface area is 174 Å². The number of thiazole rings is 1. The summed E-state index contributed by atoms with van der Waals surface area (Å²) in [6.45, 7) is 1.59. The van der Waals surface area contributed by atoms with Crippen molar-refractivity contribution in [2.45, 2.75) is 18.0 Å². The summed E-state index contributed by atoms with van der Waals surface area (Å²) in [6.07, 6.45) is 5.43. The molecule has 1 heterocycles. The third-order valence-corrected chi connectivity index (χ3v) is 5.48. The van der Waals surface area contributed by atoms with E-state index in [0.29, 0.717) is 0 Å². The number of carbonyl (C=O) groups is 1. The van der Waals surface area contributed by atoms with Crippen LogP contribution < -0.4 is 5.32 Å². The van der Waals surface area contributed by atoms with Gasteiger partial charge in [0.15, 0.2) is 0 Å². The molecule has 0 saturated carbocycles. The summed E-state index contributed by atoms with van der Waals surface area (Å²) in [5.74, 6) is -0.137. The van der Waals surface area contributed by atoms with Gasteiger partial charge in [0.25, 0.3) is 0 Å². The molecule has 3 rings (SSSR count). The van der Waals surface area contributed by atoms with Crippen molar-refractivity contribution in [2.24, 2.45) is 0 Å². The van der Waals surface area contributed by atoms with Crippen LogP contribution >= 0.6 is 23.1 Å². The Morgan fingerprint density at radius 3 is 2.75 bits per heavy atom. The second-order valence-corrected chi connectivity index (χ2v) is 8.05. The van der Waals surface area contributed by atoms with Gasteiger partial charge in [0.1, 0.15) is 0 Å². The predicted molar refractivity (Wildman–Crippen MR) is 120 cm³/mol. The Bertz CT molecular complexity index is 921. The van der Waals surface area contributed by atoms with Crippen molar-refractivity contribution >= 4 is 40.8 Å². The Hall–Kier alpha value is -2.41. The molecule has 2 aromatic carbocycles. The molecule has 1 aromatic heterocycles. The van der Waals surface area contributed by atoms with Crippen molar-refractivity contribution in [3.8, 4) is 0 Å². The topological polar surface area (TPSA) is 45.2 Å². The Kier molecular flexibility index (Phi) is 7.42. The number of rotatable bonds is 8. The van der Waals surface area contributed by atoms with E-state index in [2.05, 4.69) is 33.7 Å². The van der Waals surface area contributed by atoms with E-state index in [4.69, 9.17) is 0 Å². The first kappa shape index (κ1) is 20.3. The van der Waals surface area contributed by atoms with Gasteiger partial charge < -0.3 is 5.32 Å². The van der Waals surface area contributed by atoms with Crippen molar-refractivity contribution in [1.82, 2.24) is 9.88 Å². The number of nitrogens with one attached hydrogen (secondary N) is 1. The van der Waals surface area contributed by atoms with Gasteiger partial charge in [-0.2, -0.15) is 0 Å². The van der Waals surface area contributed by atoms with Crippen LogP contribution in [0.3, 0.4) is 0 Å². The molecule has 0 aliphatic heterocycles. The van der Waals surface area contributed by atoms with Crippen LogP contribution in [0.1, 0.15) is 16.8 Å². The zero-order valence-electron chi connectivity index (χ0n) is 16.0. The van der Waals surface area contributed by atoms with Gasteiger partial charge in [0.05, 0.1) is 11.2 Å². The minimum absolute atomic E-state index is 0.137. The Morgan fingerprint density at radius 2 is 2.04 bits per heavy atom. The number of benzene rings is 2. The summed E-state index contributed by atoms with van der Waals surface area (Å²) in [6, 6.07) is 16.1. The van der Waals surface area contributed by atoms with Crippen molar-refractivity contribution in [3.63, 3.8) is 0 Å². The molecule has 0 atom stereocenters. The minimum Gasteiger partial charge on any atom is -0.323 e. The third kappa shape index (κ3) is 6.34. The fourth-order valence-corrected chi connectivity index (χ4v) is 3.74. The predicted octanol–water partition coefficient (Wildman–Crippen LogP) is 5.15. The number of hydrogen-bond donors (Lipinski definition) is 1. The molecule has 144 valence electrons. The van der Waals surface area contributed by atoms with Crippen LogP contribution in [0.4, 0.5) is 5.69 Å². The van der Waals surface area contributed by atoms with Crippen LogP contribution in [0.5, 0.6) is 0 Å². The molecule has 0 spiro atoms. The summed E-state index contributed by atoms with van der Waals surface area (Å²) in [7, 11) is 2.07. The van der Waals surface area contributed by atoms with Crippen LogP contribution in [0.15, 0.2) is 70.4 Å². The fourth-order valence-electron chi connectivity index (χ4n) is 2.78. The maximum Gasteiger partial charge on any atom is 0.248 e. The number of hydrogen-bond acceptors (Lipinski definition) is 5. The third-order valence-electron chi connectivity index (χ3n) is 4.11. The monoisotopic (exact) mass is 409 g/mol. The van der Waals surface area contributed by atoms with Crippen LogP contribution in [0, 0.1) is 0 Å². The normalized spacial score (nSPS) is 11.2. The van der Waals surface area contributed by atoms with Crippen molar-refractivity contribution in [3.05, 3.63) is 82.3 Å². The maximum atomic E-state index is 12.2. The highest BCUT2D eigenvalue weighted by atomic mass is 32.2. The molecule has 28 heavy (non-hydrogen) atoms. The molecule has 0 aliphatic rings. The fraction of sp³-hybridized carbons (Fsp3) is 0.182. The first-order valence-corrected chi connectivity index (χ1v) is 11.1. The zero-order chi connectivity index (χ0) is 19.8. The lowest BCUT2D eigenvalue weighted by molar-refractivity contribution is -0.111. The van der Waals surface area contributed by atoms with Crippen LogP contribution in [0.25, 0.3) is 6.08 Å². The molecule has 0 fully saturated rings. The number of thioether (sulfide) groups is 1. The molecule has 0 saturated heterocycles. The van der Waals surface area contributed by atoms with E-state index in [1.165, 1.54) is 4.90 Å². The Morgan fingerprint density at radius 1 is 1.21 bits per heavy atom. The molecular weight excluding hydrogens is 386 g/mol. The average Bonchev–Trinajstić information content (AvgIpc) is 3.20. The Balaban J connectivity index is 1.55. The van der Waals surface area contributed by atoms with Crippen LogP contribution in [0.2, 0.25) is 0 Å². The van der Waals surface area contributed by atoms with Crippen molar-refractivity contribution < 1.29 is 4.79 Å². The van der Waals surface area contributed by atoms with Gasteiger partial charge in [-0.1, -0.05) is 24.3 Å². The summed E-state index contributed by atoms with van der Waals surface area (Å²) < 4.78 is 0. The van der Waals surface area contributed by atoms with E-state index in [9.17, 15) is 4.79 Å². The van der Waals surface area contributed by atoms with E-state index >= 15 is 0 Å². The highest BCUT2D eigenvalue weighted by Crippen LogP contribution is 2.16. The lowest BCUT2D eigenvalue weighted by Crippen LogP contribution is -2.17. The highest BCUT2D eigenvalue weighted by molar-refractivity contribution is 7.98. The summed E-state index contributed by atoms with van der Waals surface area (Å²) >= 11 is 3.31. The van der Waals surface area contributed by atoms with Gasteiger partial charge in [0, 0.05) is 35.1 Å². The molecular formula is C22H23N3OS2. The van der Waals surface area contributed by atoms with E-state index in [0.717, 1.165) is 35.6 Å². The SMILES string of the molecule is CSc1ccc(/C=C/C(=O)Nc2cccc(CN(C)Cc3cscn3)c2)cc1. The summed E-state index contributed by atoms with van der Waals surface area (Å²) in [5.41, 5.74) is 5.88. The van der Waals surface area contributed by atoms with E-state index < -0.39 is 0 Å². The standard InChI is InChI=1S/C22H23N3OS2/c1-25(14-20-15-28-16-23-20)13-18-4-3-5-19(12-18)24-22(26)11-8-17-6-9-21(27-2)10-7-17/h3-12,15-16H,13-14H2,1-2H3,(H,24,26)/b11-8+. The van der Waals surface area contributed by atoms with Gasteiger partial charge >= 0.3 is 0 Å². The molecule has 1 amide bonds. The van der Waals surface area contributed by atoms with Gasteiger partial charge in [-0.15, -0.1) is 23.1 Å². The molecule has 4 nitrogen and oxygen atoms in total. The summed E-state index contributed by atoms with van der Waals surface area (Å²) in [4.78, 5) is 20.0. The average molecular weight is 410 g/mol. The van der Waals surface area contributed by atoms with Crippen LogP contribution in [-0.2, 0) is 17.9 Å². The van der Waals surface area contributed by atoms with Gasteiger partial charge in [0.2, 0.25) is 5.91 Å².